The van der Waals surface area contributed by atoms with Crippen LogP contribution >= 0.6 is 0 Å². The second kappa shape index (κ2) is 6.78. The molecule has 0 aromatic carbocycles. The zero-order chi connectivity index (χ0) is 17.2. The quantitative estimate of drug-likeness (QED) is 0.829. The molecule has 3 rings (SSSR count). The molecule has 1 saturated heterocycles. The van der Waals surface area contributed by atoms with Crippen LogP contribution < -0.4 is 14.9 Å². The van der Waals surface area contributed by atoms with Crippen molar-refractivity contribution in [2.75, 3.05) is 30.4 Å². The molecule has 130 valence electrons. The Morgan fingerprint density at radius 2 is 2.12 bits per heavy atom. The van der Waals surface area contributed by atoms with Crippen LogP contribution in [0.25, 0.3) is 0 Å². The molecule has 8 nitrogen and oxygen atoms in total. The molecule has 3 heterocycles. The Hall–Kier alpha value is -2.13. The van der Waals surface area contributed by atoms with Gasteiger partial charge in [0, 0.05) is 38.6 Å². The third-order valence-corrected chi connectivity index (χ3v) is 5.54. The Bertz CT molecular complexity index is 787. The molecule has 2 aromatic heterocycles. The molecule has 1 atom stereocenters. The summed E-state index contributed by atoms with van der Waals surface area (Å²) >= 11 is 0. The molecule has 24 heavy (non-hydrogen) atoms. The Balaban J connectivity index is 1.65. The van der Waals surface area contributed by atoms with Crippen molar-refractivity contribution in [1.82, 2.24) is 19.5 Å². The van der Waals surface area contributed by atoms with Gasteiger partial charge in [-0.2, -0.15) is 5.10 Å². The number of nitrogens with zero attached hydrogens (tertiary/aromatic N) is 4. The van der Waals surface area contributed by atoms with Gasteiger partial charge in [0.1, 0.15) is 10.7 Å². The van der Waals surface area contributed by atoms with Crippen LogP contribution in [0.2, 0.25) is 0 Å². The number of nitrogens with one attached hydrogen (secondary N) is 2. The summed E-state index contributed by atoms with van der Waals surface area (Å²) in [6.07, 6.45) is 7.39. The van der Waals surface area contributed by atoms with Gasteiger partial charge in [0.15, 0.2) is 0 Å². The maximum atomic E-state index is 11.7. The van der Waals surface area contributed by atoms with Crippen molar-refractivity contribution in [3.05, 3.63) is 30.7 Å². The molecule has 9 heteroatoms. The van der Waals surface area contributed by atoms with E-state index in [0.717, 1.165) is 31.6 Å². The first kappa shape index (κ1) is 16.7. The fraction of sp³-hybridized carbons (Fsp3) is 0.467. The fourth-order valence-corrected chi connectivity index (χ4v) is 3.53. The van der Waals surface area contributed by atoms with E-state index >= 15 is 0 Å². The number of hydrogen-bond acceptors (Lipinski definition) is 6. The Morgan fingerprint density at radius 1 is 1.29 bits per heavy atom. The minimum atomic E-state index is -3.45. The van der Waals surface area contributed by atoms with E-state index < -0.39 is 10.0 Å². The van der Waals surface area contributed by atoms with E-state index in [2.05, 4.69) is 25.0 Å². The molecular formula is C15H22N6O2S. The van der Waals surface area contributed by atoms with E-state index in [0.29, 0.717) is 5.82 Å². The lowest BCUT2D eigenvalue weighted by molar-refractivity contribution is 0.529. The Kier molecular flexibility index (Phi) is 4.72. The zero-order valence-corrected chi connectivity index (χ0v) is 14.6. The first-order valence-electron chi connectivity index (χ1n) is 7.87. The predicted octanol–water partition coefficient (Wildman–Crippen LogP) is 0.804. The summed E-state index contributed by atoms with van der Waals surface area (Å²) in [7, 11) is -0.152. The van der Waals surface area contributed by atoms with E-state index in [1.54, 1.807) is 16.8 Å². The molecule has 0 aliphatic carbocycles. The minimum Gasteiger partial charge on any atom is -0.367 e. The highest BCUT2D eigenvalue weighted by atomic mass is 32.2. The largest absolute Gasteiger partial charge is 0.367 e. The molecule has 0 bridgehead atoms. The van der Waals surface area contributed by atoms with E-state index in [-0.39, 0.29) is 10.9 Å². The van der Waals surface area contributed by atoms with Gasteiger partial charge in [0.05, 0.1) is 11.9 Å². The molecule has 1 unspecified atom stereocenters. The molecule has 1 fully saturated rings. The number of rotatable bonds is 5. The topological polar surface area (TPSA) is 92.2 Å². The van der Waals surface area contributed by atoms with E-state index in [1.165, 1.54) is 13.2 Å². The van der Waals surface area contributed by atoms with Crippen molar-refractivity contribution in [2.45, 2.75) is 23.8 Å². The van der Waals surface area contributed by atoms with Crippen LogP contribution in [-0.4, -0.2) is 49.4 Å². The van der Waals surface area contributed by atoms with Crippen molar-refractivity contribution >= 4 is 21.5 Å². The number of hydrogen-bond donors (Lipinski definition) is 2. The summed E-state index contributed by atoms with van der Waals surface area (Å²) < 4.78 is 27.5. The monoisotopic (exact) mass is 350 g/mol. The van der Waals surface area contributed by atoms with E-state index in [4.69, 9.17) is 0 Å². The normalized spacial score (nSPS) is 18.6. The first-order chi connectivity index (χ1) is 11.5. The van der Waals surface area contributed by atoms with Crippen LogP contribution in [0.4, 0.5) is 11.5 Å². The number of anilines is 2. The number of piperidine rings is 1. The second-order valence-corrected chi connectivity index (χ2v) is 7.77. The highest BCUT2D eigenvalue weighted by molar-refractivity contribution is 7.89. The highest BCUT2D eigenvalue weighted by Gasteiger charge is 2.21. The molecule has 1 aliphatic heterocycles. The summed E-state index contributed by atoms with van der Waals surface area (Å²) in [5, 5.41) is 7.61. The van der Waals surface area contributed by atoms with Gasteiger partial charge in [-0.05, 0) is 32.0 Å². The second-order valence-electron chi connectivity index (χ2n) is 5.89. The Labute approximate surface area is 141 Å². The van der Waals surface area contributed by atoms with Crippen molar-refractivity contribution in [3.8, 4) is 0 Å². The van der Waals surface area contributed by atoms with E-state index in [1.807, 2.05) is 19.4 Å². The summed E-state index contributed by atoms with van der Waals surface area (Å²) in [6.45, 7) is 1.88. The van der Waals surface area contributed by atoms with Crippen LogP contribution in [0.15, 0.2) is 35.6 Å². The molecule has 0 spiro atoms. The number of pyridine rings is 1. The number of aromatic nitrogens is 3. The molecular weight excluding hydrogens is 328 g/mol. The van der Waals surface area contributed by atoms with Gasteiger partial charge in [-0.15, -0.1) is 0 Å². The van der Waals surface area contributed by atoms with Crippen molar-refractivity contribution in [2.24, 2.45) is 7.05 Å². The van der Waals surface area contributed by atoms with Crippen LogP contribution in [-0.2, 0) is 17.1 Å². The molecule has 1 aliphatic rings. The molecule has 2 N–H and O–H groups in total. The van der Waals surface area contributed by atoms with Gasteiger partial charge in [-0.3, -0.25) is 4.68 Å². The van der Waals surface area contributed by atoms with Gasteiger partial charge in [0.25, 0.3) is 0 Å². The van der Waals surface area contributed by atoms with Gasteiger partial charge in [0.2, 0.25) is 10.0 Å². The summed E-state index contributed by atoms with van der Waals surface area (Å²) in [6, 6.07) is 3.52. The minimum absolute atomic E-state index is 0.163. The van der Waals surface area contributed by atoms with Crippen molar-refractivity contribution in [3.63, 3.8) is 0 Å². The number of aryl methyl sites for hydroxylation is 1. The third kappa shape index (κ3) is 3.68. The van der Waals surface area contributed by atoms with Gasteiger partial charge in [-0.1, -0.05) is 0 Å². The van der Waals surface area contributed by atoms with Crippen LogP contribution in [0.1, 0.15) is 12.8 Å². The maximum Gasteiger partial charge on any atom is 0.241 e. The maximum absolute atomic E-state index is 11.7. The van der Waals surface area contributed by atoms with Gasteiger partial charge >= 0.3 is 0 Å². The number of sulfonamides is 1. The Morgan fingerprint density at radius 3 is 2.75 bits per heavy atom. The summed E-state index contributed by atoms with van der Waals surface area (Å²) in [4.78, 5) is 6.69. The van der Waals surface area contributed by atoms with Crippen LogP contribution in [0.5, 0.6) is 0 Å². The lowest BCUT2D eigenvalue weighted by Crippen LogP contribution is -2.42. The lowest BCUT2D eigenvalue weighted by Gasteiger charge is -2.34. The predicted molar refractivity (Wildman–Crippen MR) is 92.5 cm³/mol. The van der Waals surface area contributed by atoms with Crippen LogP contribution in [0, 0.1) is 0 Å². The summed E-state index contributed by atoms with van der Waals surface area (Å²) in [5.41, 5.74) is 1.12. The van der Waals surface area contributed by atoms with Gasteiger partial charge in [-0.25, -0.2) is 18.1 Å². The fourth-order valence-electron chi connectivity index (χ4n) is 2.85. The molecule has 2 aromatic rings. The lowest BCUT2D eigenvalue weighted by atomic mass is 10.1. The zero-order valence-electron chi connectivity index (χ0n) is 13.8. The van der Waals surface area contributed by atoms with Crippen molar-refractivity contribution in [1.29, 1.82) is 0 Å². The molecule has 0 amide bonds. The molecule has 0 saturated carbocycles. The molecule has 0 radical (unpaired) electrons. The van der Waals surface area contributed by atoms with Crippen molar-refractivity contribution < 1.29 is 8.42 Å². The van der Waals surface area contributed by atoms with Gasteiger partial charge < -0.3 is 10.2 Å². The average molecular weight is 350 g/mol. The average Bonchev–Trinajstić information content (AvgIpc) is 3.02. The van der Waals surface area contributed by atoms with Crippen LogP contribution in [0.3, 0.4) is 0 Å². The third-order valence-electron chi connectivity index (χ3n) is 4.15. The highest BCUT2D eigenvalue weighted by Crippen LogP contribution is 2.21. The SMILES string of the molecule is CNS(=O)(=O)c1ccc(NC2CCCN(c3cnn(C)c3)C2)nc1. The first-order valence-corrected chi connectivity index (χ1v) is 9.36. The smallest absolute Gasteiger partial charge is 0.241 e. The summed E-state index contributed by atoms with van der Waals surface area (Å²) in [5.74, 6) is 0.683. The van der Waals surface area contributed by atoms with E-state index in [9.17, 15) is 8.42 Å². The standard InChI is InChI=1S/C15H22N6O2S/c1-16-24(22,23)14-5-6-15(17-9-14)19-12-4-3-7-21(10-12)13-8-18-20(2)11-13/h5-6,8-9,11-12,16H,3-4,7,10H2,1-2H3,(H,17,19).